The number of amides is 3. The Hall–Kier alpha value is -3.56. The van der Waals surface area contributed by atoms with Gasteiger partial charge in [0, 0.05) is 17.5 Å². The molecule has 0 aromatic carbocycles. The SMILES string of the molecule is Cc1nc(-c2ccccn2)[nH]c(=O)c1CC(=O)NC(C(N)=O)C(N)=O. The summed E-state index contributed by atoms with van der Waals surface area (Å²) in [6.45, 7) is 1.56. The monoisotopic (exact) mass is 344 g/mol. The smallest absolute Gasteiger partial charge is 0.255 e. The molecule has 0 spiro atoms. The van der Waals surface area contributed by atoms with Crippen LogP contribution in [-0.4, -0.2) is 38.7 Å². The van der Waals surface area contributed by atoms with Crippen LogP contribution in [-0.2, 0) is 20.8 Å². The lowest BCUT2D eigenvalue weighted by Crippen LogP contribution is -2.53. The highest BCUT2D eigenvalue weighted by Crippen LogP contribution is 2.11. The number of aromatic nitrogens is 3. The van der Waals surface area contributed by atoms with E-state index in [1.807, 2.05) is 0 Å². The molecule has 0 aliphatic rings. The highest BCUT2D eigenvalue weighted by atomic mass is 16.2. The molecule has 0 saturated heterocycles. The molecule has 2 aromatic heterocycles. The number of carbonyl (C=O) groups excluding carboxylic acids is 3. The maximum atomic E-state index is 12.2. The van der Waals surface area contributed by atoms with Gasteiger partial charge >= 0.3 is 0 Å². The Morgan fingerprint density at radius 3 is 2.44 bits per heavy atom. The molecule has 130 valence electrons. The van der Waals surface area contributed by atoms with Gasteiger partial charge in [0.2, 0.25) is 17.7 Å². The molecule has 25 heavy (non-hydrogen) atoms. The summed E-state index contributed by atoms with van der Waals surface area (Å²) in [6.07, 6.45) is 1.16. The van der Waals surface area contributed by atoms with Crippen molar-refractivity contribution < 1.29 is 14.4 Å². The largest absolute Gasteiger partial charge is 0.367 e. The summed E-state index contributed by atoms with van der Waals surface area (Å²) < 4.78 is 0. The Labute approximate surface area is 141 Å². The second-order valence-electron chi connectivity index (χ2n) is 5.18. The first-order valence-electron chi connectivity index (χ1n) is 7.18. The number of nitrogens with zero attached hydrogens (tertiary/aromatic N) is 2. The van der Waals surface area contributed by atoms with E-state index in [0.717, 1.165) is 0 Å². The van der Waals surface area contributed by atoms with E-state index < -0.39 is 35.7 Å². The quantitative estimate of drug-likeness (QED) is 0.447. The number of nitrogens with two attached hydrogens (primary N) is 2. The molecule has 0 aliphatic carbocycles. The summed E-state index contributed by atoms with van der Waals surface area (Å²) in [4.78, 5) is 57.2. The van der Waals surface area contributed by atoms with Crippen molar-refractivity contribution in [2.75, 3.05) is 0 Å². The summed E-state index contributed by atoms with van der Waals surface area (Å²) in [5, 5.41) is 2.08. The maximum absolute atomic E-state index is 12.2. The highest BCUT2D eigenvalue weighted by Gasteiger charge is 2.24. The Bertz CT molecular complexity index is 863. The van der Waals surface area contributed by atoms with E-state index in [2.05, 4.69) is 20.3 Å². The maximum Gasteiger partial charge on any atom is 0.255 e. The van der Waals surface area contributed by atoms with E-state index in [-0.39, 0.29) is 11.4 Å². The van der Waals surface area contributed by atoms with Crippen LogP contribution in [0.2, 0.25) is 0 Å². The average Bonchev–Trinajstić information content (AvgIpc) is 2.56. The minimum absolute atomic E-state index is 0.0878. The van der Waals surface area contributed by atoms with Crippen LogP contribution >= 0.6 is 0 Å². The highest BCUT2D eigenvalue weighted by molar-refractivity contribution is 6.05. The van der Waals surface area contributed by atoms with Gasteiger partial charge in [0.1, 0.15) is 5.69 Å². The van der Waals surface area contributed by atoms with Gasteiger partial charge in [-0.3, -0.25) is 24.2 Å². The second-order valence-corrected chi connectivity index (χ2v) is 5.18. The van der Waals surface area contributed by atoms with Crippen LogP contribution in [0.1, 0.15) is 11.3 Å². The van der Waals surface area contributed by atoms with E-state index in [1.54, 1.807) is 31.3 Å². The number of primary amides is 2. The van der Waals surface area contributed by atoms with Gasteiger partial charge in [0.15, 0.2) is 11.9 Å². The van der Waals surface area contributed by atoms with Crippen molar-refractivity contribution in [1.29, 1.82) is 0 Å². The summed E-state index contributed by atoms with van der Waals surface area (Å²) in [7, 11) is 0. The molecule has 2 rings (SSSR count). The van der Waals surface area contributed by atoms with E-state index in [4.69, 9.17) is 11.5 Å². The van der Waals surface area contributed by atoms with Crippen molar-refractivity contribution in [2.45, 2.75) is 19.4 Å². The number of hydrogen-bond donors (Lipinski definition) is 4. The fraction of sp³-hybridized carbons (Fsp3) is 0.200. The first-order valence-corrected chi connectivity index (χ1v) is 7.18. The van der Waals surface area contributed by atoms with Gasteiger partial charge in [-0.15, -0.1) is 0 Å². The molecular formula is C15H16N6O4. The molecule has 0 aliphatic heterocycles. The summed E-state index contributed by atoms with van der Waals surface area (Å²) >= 11 is 0. The Morgan fingerprint density at radius 2 is 1.92 bits per heavy atom. The Morgan fingerprint density at radius 1 is 1.24 bits per heavy atom. The average molecular weight is 344 g/mol. The van der Waals surface area contributed by atoms with Crippen LogP contribution in [0.4, 0.5) is 0 Å². The molecule has 0 radical (unpaired) electrons. The Balaban J connectivity index is 2.23. The standard InChI is InChI=1S/C15H16N6O4/c1-7-8(6-10(22)20-11(12(16)23)13(17)24)15(25)21-14(19-7)9-4-2-3-5-18-9/h2-5,11H,6H2,1H3,(H2,16,23)(H2,17,24)(H,20,22)(H,19,21,25). The lowest BCUT2D eigenvalue weighted by atomic mass is 10.1. The number of aryl methyl sites for hydroxylation is 1. The molecule has 2 heterocycles. The molecule has 2 aromatic rings. The number of aromatic amines is 1. The topological polar surface area (TPSA) is 174 Å². The second kappa shape index (κ2) is 7.34. The molecule has 0 fully saturated rings. The third-order valence-corrected chi connectivity index (χ3v) is 3.34. The first-order chi connectivity index (χ1) is 11.8. The summed E-state index contributed by atoms with van der Waals surface area (Å²) in [5.41, 5.74) is 10.3. The van der Waals surface area contributed by atoms with Crippen molar-refractivity contribution in [3.63, 3.8) is 0 Å². The van der Waals surface area contributed by atoms with Crippen LogP contribution in [0, 0.1) is 6.92 Å². The lowest BCUT2D eigenvalue weighted by Gasteiger charge is -2.12. The predicted octanol–water partition coefficient (Wildman–Crippen LogP) is -1.86. The van der Waals surface area contributed by atoms with Crippen LogP contribution in [0.5, 0.6) is 0 Å². The van der Waals surface area contributed by atoms with E-state index in [9.17, 15) is 19.2 Å². The number of nitrogens with one attached hydrogen (secondary N) is 2. The molecule has 10 heteroatoms. The van der Waals surface area contributed by atoms with Gasteiger partial charge < -0.3 is 21.8 Å². The zero-order valence-electron chi connectivity index (χ0n) is 13.3. The molecule has 0 unspecified atom stereocenters. The van der Waals surface area contributed by atoms with Crippen LogP contribution in [0.15, 0.2) is 29.2 Å². The van der Waals surface area contributed by atoms with Gasteiger partial charge in [-0.2, -0.15) is 0 Å². The number of carbonyl (C=O) groups is 3. The minimum Gasteiger partial charge on any atom is -0.367 e. The van der Waals surface area contributed by atoms with E-state index in [0.29, 0.717) is 11.4 Å². The third kappa shape index (κ3) is 4.25. The van der Waals surface area contributed by atoms with Crippen molar-refractivity contribution in [3.05, 3.63) is 46.0 Å². The summed E-state index contributed by atoms with van der Waals surface area (Å²) in [6, 6.07) is 3.50. The van der Waals surface area contributed by atoms with Crippen molar-refractivity contribution in [1.82, 2.24) is 20.3 Å². The van der Waals surface area contributed by atoms with Crippen molar-refractivity contribution in [2.24, 2.45) is 11.5 Å². The number of hydrogen-bond acceptors (Lipinski definition) is 6. The number of rotatable bonds is 6. The van der Waals surface area contributed by atoms with E-state index in [1.165, 1.54) is 0 Å². The van der Waals surface area contributed by atoms with Gasteiger partial charge in [0.05, 0.1) is 6.42 Å². The predicted molar refractivity (Wildman–Crippen MR) is 86.8 cm³/mol. The molecule has 0 saturated carbocycles. The van der Waals surface area contributed by atoms with Gasteiger partial charge in [-0.1, -0.05) is 6.07 Å². The normalized spacial score (nSPS) is 10.5. The number of H-pyrrole nitrogens is 1. The molecular weight excluding hydrogens is 328 g/mol. The lowest BCUT2D eigenvalue weighted by molar-refractivity contribution is -0.133. The van der Waals surface area contributed by atoms with Crippen molar-refractivity contribution in [3.8, 4) is 11.5 Å². The zero-order chi connectivity index (χ0) is 18.6. The van der Waals surface area contributed by atoms with E-state index >= 15 is 0 Å². The van der Waals surface area contributed by atoms with Gasteiger partial charge in [-0.25, -0.2) is 4.98 Å². The minimum atomic E-state index is -1.65. The number of pyridine rings is 1. The first kappa shape index (κ1) is 17.8. The molecule has 0 atom stereocenters. The molecule has 10 nitrogen and oxygen atoms in total. The molecule has 6 N–H and O–H groups in total. The van der Waals surface area contributed by atoms with Gasteiger partial charge in [0.25, 0.3) is 5.56 Å². The van der Waals surface area contributed by atoms with Crippen molar-refractivity contribution >= 4 is 17.7 Å². The van der Waals surface area contributed by atoms with Crippen LogP contribution < -0.4 is 22.3 Å². The van der Waals surface area contributed by atoms with Gasteiger partial charge in [-0.05, 0) is 19.1 Å². The van der Waals surface area contributed by atoms with Crippen LogP contribution in [0.25, 0.3) is 11.5 Å². The Kier molecular flexibility index (Phi) is 5.22. The van der Waals surface area contributed by atoms with Crippen LogP contribution in [0.3, 0.4) is 0 Å². The fourth-order valence-corrected chi connectivity index (χ4v) is 2.10. The fourth-order valence-electron chi connectivity index (χ4n) is 2.10. The molecule has 0 bridgehead atoms. The zero-order valence-corrected chi connectivity index (χ0v) is 13.3. The third-order valence-electron chi connectivity index (χ3n) is 3.34. The molecule has 3 amide bonds. The summed E-state index contributed by atoms with van der Waals surface area (Å²) in [5.74, 6) is -2.67.